The third kappa shape index (κ3) is 6.84. The molecule has 0 radical (unpaired) electrons. The highest BCUT2D eigenvalue weighted by molar-refractivity contribution is 7.85. The Balaban J connectivity index is 1.14. The van der Waals surface area contributed by atoms with Crippen molar-refractivity contribution in [3.63, 3.8) is 0 Å². The minimum Gasteiger partial charge on any atom is -0.494 e. The first-order valence-corrected chi connectivity index (χ1v) is 14.9. The highest BCUT2D eigenvalue weighted by atomic mass is 32.2. The number of carbonyl (C=O) groups is 2. The number of amides is 2. The van der Waals surface area contributed by atoms with Crippen LogP contribution in [0.1, 0.15) is 32.0 Å². The van der Waals surface area contributed by atoms with E-state index in [0.717, 1.165) is 21.7 Å². The van der Waals surface area contributed by atoms with Crippen LogP contribution < -0.4 is 20.1 Å². The fraction of sp³-hybridized carbons (Fsp3) is 0.179. The number of hydrogen-bond donors (Lipinski definition) is 2. The molecule has 0 fully saturated rings. The van der Waals surface area contributed by atoms with Crippen LogP contribution in [0, 0.1) is 0 Å². The first-order chi connectivity index (χ1) is 19.2. The van der Waals surface area contributed by atoms with Crippen molar-refractivity contribution in [1.29, 1.82) is 0 Å². The zero-order valence-electron chi connectivity index (χ0n) is 21.4. The number of fused-ring (bicyclic) bond motifs is 2. The first kappa shape index (κ1) is 27.3. The summed E-state index contributed by atoms with van der Waals surface area (Å²) in [4.78, 5) is 30.8. The number of hydrogen-bond acceptors (Lipinski definition) is 9. The molecule has 1 aromatic heterocycles. The molecule has 5 rings (SSSR count). The van der Waals surface area contributed by atoms with Crippen molar-refractivity contribution in [3.8, 4) is 27.8 Å². The van der Waals surface area contributed by atoms with E-state index in [0.29, 0.717) is 53.6 Å². The van der Waals surface area contributed by atoms with Gasteiger partial charge in [0.2, 0.25) is 0 Å². The van der Waals surface area contributed by atoms with Crippen LogP contribution in [0.15, 0.2) is 72.9 Å². The molecule has 1 aliphatic rings. The van der Waals surface area contributed by atoms with Gasteiger partial charge in [-0.25, -0.2) is 4.98 Å². The van der Waals surface area contributed by atoms with Gasteiger partial charge in [0.1, 0.15) is 16.5 Å². The quantitative estimate of drug-likeness (QED) is 0.201. The second-order valence-electron chi connectivity index (χ2n) is 8.83. The average Bonchev–Trinajstić information content (AvgIpc) is 3.36. The summed E-state index contributed by atoms with van der Waals surface area (Å²) in [6.07, 6.45) is 3.17. The maximum Gasteiger partial charge on any atom is 0.264 e. The van der Waals surface area contributed by atoms with Gasteiger partial charge in [0.25, 0.3) is 21.9 Å². The first-order valence-electron chi connectivity index (χ1n) is 12.3. The topological polar surface area (TPSA) is 133 Å². The van der Waals surface area contributed by atoms with Gasteiger partial charge in [0.15, 0.2) is 5.75 Å². The van der Waals surface area contributed by atoms with E-state index in [1.54, 1.807) is 48.7 Å². The molecule has 0 unspecified atom stereocenters. The molecule has 3 aromatic carbocycles. The Morgan fingerprint density at radius 3 is 2.65 bits per heavy atom. The van der Waals surface area contributed by atoms with E-state index >= 15 is 0 Å². The molecule has 4 aromatic rings. The van der Waals surface area contributed by atoms with Gasteiger partial charge in [0.05, 0.1) is 37.3 Å². The van der Waals surface area contributed by atoms with Crippen LogP contribution in [0.4, 0.5) is 5.69 Å². The van der Waals surface area contributed by atoms with Gasteiger partial charge >= 0.3 is 0 Å². The molecule has 2 heterocycles. The number of rotatable bonds is 10. The molecule has 0 bridgehead atoms. The molecule has 1 aliphatic heterocycles. The Morgan fingerprint density at radius 1 is 1.05 bits per heavy atom. The zero-order valence-corrected chi connectivity index (χ0v) is 23.0. The summed E-state index contributed by atoms with van der Waals surface area (Å²) >= 11 is 1.46. The van der Waals surface area contributed by atoms with Crippen LogP contribution in [0.25, 0.3) is 10.6 Å². The fourth-order valence-electron chi connectivity index (χ4n) is 3.85. The monoisotopic (exact) mass is 579 g/mol. The van der Waals surface area contributed by atoms with E-state index in [9.17, 15) is 18.0 Å². The zero-order chi connectivity index (χ0) is 28.1. The van der Waals surface area contributed by atoms with E-state index in [1.165, 1.54) is 11.3 Å². The second-order valence-corrected chi connectivity index (χ2v) is 11.6. The predicted octanol–water partition coefficient (Wildman–Crippen LogP) is 4.84. The molecule has 2 N–H and O–H groups in total. The van der Waals surface area contributed by atoms with Gasteiger partial charge in [-0.2, -0.15) is 8.42 Å². The number of aromatic nitrogens is 1. The van der Waals surface area contributed by atoms with Crippen molar-refractivity contribution in [2.24, 2.45) is 0 Å². The standard InChI is InChI=1S/C28H25N3O7S2/c1-40(34,35)37-14-4-13-36-20-10-7-18(8-11-20)28-30-17-21(39-28)16-29-26(32)19-9-12-25-23(15-19)31-27(33)22-5-2-3-6-24(22)38-25/h2-3,5-12,15,17H,4,13-14,16H2,1H3,(H,29,32)(H,31,33). The maximum atomic E-state index is 12.8. The summed E-state index contributed by atoms with van der Waals surface area (Å²) in [5.41, 5.74) is 2.13. The number of nitrogens with one attached hydrogen (secondary N) is 2. The van der Waals surface area contributed by atoms with Crippen molar-refractivity contribution < 1.29 is 31.7 Å². The summed E-state index contributed by atoms with van der Waals surface area (Å²) < 4.78 is 38.1. The maximum absolute atomic E-state index is 12.8. The second kappa shape index (κ2) is 11.9. The summed E-state index contributed by atoms with van der Waals surface area (Å²) in [5.74, 6) is 0.967. The van der Waals surface area contributed by atoms with E-state index in [2.05, 4.69) is 19.8 Å². The lowest BCUT2D eigenvalue weighted by Crippen LogP contribution is -2.22. The molecule has 40 heavy (non-hydrogen) atoms. The normalized spacial score (nSPS) is 12.4. The molecule has 2 amide bonds. The van der Waals surface area contributed by atoms with E-state index in [-0.39, 0.29) is 18.4 Å². The molecule has 10 nitrogen and oxygen atoms in total. The van der Waals surface area contributed by atoms with Crippen LogP contribution in [-0.2, 0) is 20.8 Å². The third-order valence-electron chi connectivity index (χ3n) is 5.77. The molecular formula is C28H25N3O7S2. The van der Waals surface area contributed by atoms with Gasteiger partial charge in [-0.15, -0.1) is 11.3 Å². The lowest BCUT2D eigenvalue weighted by atomic mass is 10.1. The number of anilines is 1. The number of ether oxygens (including phenoxy) is 2. The molecule has 0 aliphatic carbocycles. The number of benzene rings is 3. The predicted molar refractivity (Wildman–Crippen MR) is 151 cm³/mol. The molecule has 12 heteroatoms. The van der Waals surface area contributed by atoms with Crippen LogP contribution in [0.2, 0.25) is 0 Å². The van der Waals surface area contributed by atoms with Crippen molar-refractivity contribution in [2.45, 2.75) is 13.0 Å². The van der Waals surface area contributed by atoms with Crippen molar-refractivity contribution in [2.75, 3.05) is 24.8 Å². The van der Waals surface area contributed by atoms with Crippen LogP contribution in [0.5, 0.6) is 17.2 Å². The smallest absolute Gasteiger partial charge is 0.264 e. The molecule has 0 saturated carbocycles. The number of para-hydroxylation sites is 1. The van der Waals surface area contributed by atoms with Crippen molar-refractivity contribution >= 4 is 39.0 Å². The Morgan fingerprint density at radius 2 is 1.85 bits per heavy atom. The number of nitrogens with zero attached hydrogens (tertiary/aromatic N) is 1. The summed E-state index contributed by atoms with van der Waals surface area (Å²) in [5, 5.41) is 6.49. The van der Waals surface area contributed by atoms with Gasteiger partial charge in [-0.1, -0.05) is 12.1 Å². The minimum absolute atomic E-state index is 0.0710. The highest BCUT2D eigenvalue weighted by Crippen LogP contribution is 2.36. The fourth-order valence-corrected chi connectivity index (χ4v) is 5.13. The Kier molecular flexibility index (Phi) is 8.10. The number of thiazole rings is 1. The summed E-state index contributed by atoms with van der Waals surface area (Å²) in [6.45, 7) is 0.688. The largest absolute Gasteiger partial charge is 0.494 e. The van der Waals surface area contributed by atoms with Gasteiger partial charge in [-0.3, -0.25) is 13.8 Å². The van der Waals surface area contributed by atoms with E-state index < -0.39 is 10.1 Å². The summed E-state index contributed by atoms with van der Waals surface area (Å²) in [6, 6.07) is 19.2. The minimum atomic E-state index is -3.44. The Hall–Kier alpha value is -4.26. The van der Waals surface area contributed by atoms with Gasteiger partial charge in [-0.05, 0) is 54.6 Å². The Bertz CT molecular complexity index is 1650. The third-order valence-corrected chi connectivity index (χ3v) is 7.42. The van der Waals surface area contributed by atoms with Gasteiger partial charge < -0.3 is 20.1 Å². The molecular weight excluding hydrogens is 554 g/mol. The van der Waals surface area contributed by atoms with Crippen LogP contribution >= 0.6 is 11.3 Å². The molecule has 0 atom stereocenters. The SMILES string of the molecule is CS(=O)(=O)OCCCOc1ccc(-c2ncc(CNC(=O)c3ccc4c(c3)NC(=O)c3ccccc3O4)s2)cc1. The van der Waals surface area contributed by atoms with Crippen LogP contribution in [-0.4, -0.2) is 44.7 Å². The van der Waals surface area contributed by atoms with E-state index in [1.807, 2.05) is 24.3 Å². The van der Waals surface area contributed by atoms with Gasteiger partial charge in [0, 0.05) is 28.6 Å². The van der Waals surface area contributed by atoms with E-state index in [4.69, 9.17) is 9.47 Å². The lowest BCUT2D eigenvalue weighted by Gasteiger charge is -2.10. The Labute approximate surface area is 235 Å². The van der Waals surface area contributed by atoms with Crippen molar-refractivity contribution in [1.82, 2.24) is 10.3 Å². The van der Waals surface area contributed by atoms with Crippen molar-refractivity contribution in [3.05, 3.63) is 88.9 Å². The number of carbonyl (C=O) groups excluding carboxylic acids is 2. The summed E-state index contributed by atoms with van der Waals surface area (Å²) in [7, 11) is -3.44. The molecule has 0 saturated heterocycles. The molecule has 0 spiro atoms. The van der Waals surface area contributed by atoms with Crippen LogP contribution in [0.3, 0.4) is 0 Å². The lowest BCUT2D eigenvalue weighted by molar-refractivity contribution is 0.0950. The average molecular weight is 580 g/mol. The molecule has 206 valence electrons. The highest BCUT2D eigenvalue weighted by Gasteiger charge is 2.21.